The van der Waals surface area contributed by atoms with E-state index < -0.39 is 0 Å². The number of aromatic nitrogens is 3. The first-order valence-corrected chi connectivity index (χ1v) is 10.8. The van der Waals surface area contributed by atoms with Crippen molar-refractivity contribution in [1.29, 1.82) is 0 Å². The Hall–Kier alpha value is -3.08. The zero-order valence-corrected chi connectivity index (χ0v) is 17.5. The molecule has 0 radical (unpaired) electrons. The summed E-state index contributed by atoms with van der Waals surface area (Å²) in [6.45, 7) is 2.85. The molecule has 0 saturated heterocycles. The molecule has 30 heavy (non-hydrogen) atoms. The summed E-state index contributed by atoms with van der Waals surface area (Å²) in [4.78, 5) is 25.7. The van der Waals surface area contributed by atoms with Crippen LogP contribution in [0.15, 0.2) is 55.1 Å². The van der Waals surface area contributed by atoms with Crippen LogP contribution in [0.2, 0.25) is 0 Å². The summed E-state index contributed by atoms with van der Waals surface area (Å²) < 4.78 is 0. The lowest BCUT2D eigenvalue weighted by Crippen LogP contribution is -2.30. The third kappa shape index (κ3) is 4.90. The molecule has 1 aliphatic rings. The van der Waals surface area contributed by atoms with Crippen LogP contribution in [0.3, 0.4) is 0 Å². The van der Waals surface area contributed by atoms with E-state index >= 15 is 0 Å². The quantitative estimate of drug-likeness (QED) is 0.648. The number of nitrogens with zero attached hydrogens (tertiary/aromatic N) is 3. The molecule has 1 fully saturated rings. The molecule has 3 aromatic rings. The minimum Gasteiger partial charge on any atom is -0.352 e. The van der Waals surface area contributed by atoms with E-state index in [9.17, 15) is 4.79 Å². The summed E-state index contributed by atoms with van der Waals surface area (Å²) in [5, 5.41) is 3.14. The largest absolute Gasteiger partial charge is 0.352 e. The van der Waals surface area contributed by atoms with Crippen molar-refractivity contribution in [3.63, 3.8) is 0 Å². The average molecular weight is 401 g/mol. The first kappa shape index (κ1) is 20.2. The highest BCUT2D eigenvalue weighted by atomic mass is 16.1. The maximum Gasteiger partial charge on any atom is 0.251 e. The number of carbonyl (C=O) groups excluding carboxylic acids is 1. The predicted molar refractivity (Wildman–Crippen MR) is 118 cm³/mol. The summed E-state index contributed by atoms with van der Waals surface area (Å²) in [6.07, 6.45) is 12.1. The van der Waals surface area contributed by atoms with Gasteiger partial charge in [-0.2, -0.15) is 0 Å². The van der Waals surface area contributed by atoms with Crippen LogP contribution in [0.1, 0.15) is 59.3 Å². The standard InChI is InChI=1S/C25H28N4O/c1-18-9-10-20(25(30)28-16-19-6-3-2-4-7-19)14-21(18)15-24-22(8-5-12-27-24)23-11-13-26-17-29-23/h5,8-14,17,19H,2-4,6-7,15-16H2,1H3,(H,28,30). The zero-order valence-electron chi connectivity index (χ0n) is 17.5. The molecular weight excluding hydrogens is 372 g/mol. The van der Waals surface area contributed by atoms with E-state index in [2.05, 4.69) is 27.2 Å². The Bertz CT molecular complexity index is 997. The Labute approximate surface area is 178 Å². The molecule has 1 aliphatic carbocycles. The van der Waals surface area contributed by atoms with Crippen molar-refractivity contribution in [2.24, 2.45) is 5.92 Å². The molecule has 0 spiro atoms. The molecular formula is C25H28N4O. The van der Waals surface area contributed by atoms with Gasteiger partial charge in [0.1, 0.15) is 6.33 Å². The van der Waals surface area contributed by atoms with Crippen molar-refractivity contribution in [2.45, 2.75) is 45.4 Å². The molecule has 5 heteroatoms. The molecule has 0 unspecified atom stereocenters. The lowest BCUT2D eigenvalue weighted by Gasteiger charge is -2.21. The molecule has 0 bridgehead atoms. The monoisotopic (exact) mass is 400 g/mol. The summed E-state index contributed by atoms with van der Waals surface area (Å²) in [7, 11) is 0. The number of rotatable bonds is 6. The van der Waals surface area contributed by atoms with Gasteiger partial charge in [-0.1, -0.05) is 25.3 Å². The molecule has 0 aliphatic heterocycles. The number of carbonyl (C=O) groups is 1. The van der Waals surface area contributed by atoms with Gasteiger partial charge in [0.25, 0.3) is 5.91 Å². The van der Waals surface area contributed by atoms with E-state index in [1.54, 1.807) is 18.7 Å². The van der Waals surface area contributed by atoms with E-state index in [1.165, 1.54) is 32.1 Å². The lowest BCUT2D eigenvalue weighted by atomic mass is 9.89. The van der Waals surface area contributed by atoms with Crippen LogP contribution >= 0.6 is 0 Å². The molecule has 1 N–H and O–H groups in total. The minimum absolute atomic E-state index is 0.0128. The number of nitrogens with one attached hydrogen (secondary N) is 1. The molecule has 2 aromatic heterocycles. The van der Waals surface area contributed by atoms with Gasteiger partial charge in [-0.25, -0.2) is 9.97 Å². The number of hydrogen-bond acceptors (Lipinski definition) is 4. The van der Waals surface area contributed by atoms with Gasteiger partial charge in [-0.05, 0) is 67.1 Å². The van der Waals surface area contributed by atoms with Gasteiger partial charge in [0, 0.05) is 36.5 Å². The van der Waals surface area contributed by atoms with Gasteiger partial charge in [0.15, 0.2) is 0 Å². The van der Waals surface area contributed by atoms with Gasteiger partial charge >= 0.3 is 0 Å². The molecule has 1 saturated carbocycles. The molecule has 154 valence electrons. The Morgan fingerprint density at radius 2 is 1.93 bits per heavy atom. The van der Waals surface area contributed by atoms with Crippen LogP contribution in [-0.4, -0.2) is 27.4 Å². The third-order valence-corrected chi connectivity index (χ3v) is 5.99. The summed E-state index contributed by atoms with van der Waals surface area (Å²) in [5.41, 5.74) is 5.76. The molecule has 2 heterocycles. The molecule has 0 atom stereocenters. The third-order valence-electron chi connectivity index (χ3n) is 5.99. The molecule has 5 nitrogen and oxygen atoms in total. The Morgan fingerprint density at radius 3 is 2.73 bits per heavy atom. The smallest absolute Gasteiger partial charge is 0.251 e. The lowest BCUT2D eigenvalue weighted by molar-refractivity contribution is 0.0943. The fourth-order valence-corrected chi connectivity index (χ4v) is 4.18. The van der Waals surface area contributed by atoms with Crippen molar-refractivity contribution >= 4 is 5.91 Å². The highest BCUT2D eigenvalue weighted by molar-refractivity contribution is 5.94. The van der Waals surface area contributed by atoms with Gasteiger partial charge in [0.2, 0.25) is 0 Å². The van der Waals surface area contributed by atoms with Crippen LogP contribution < -0.4 is 5.32 Å². The zero-order chi connectivity index (χ0) is 20.8. The second-order valence-electron chi connectivity index (χ2n) is 8.12. The fraction of sp³-hybridized carbons (Fsp3) is 0.360. The van der Waals surface area contributed by atoms with Crippen molar-refractivity contribution in [2.75, 3.05) is 6.54 Å². The summed E-state index contributed by atoms with van der Waals surface area (Å²) >= 11 is 0. The number of hydrogen-bond donors (Lipinski definition) is 1. The van der Waals surface area contributed by atoms with Crippen molar-refractivity contribution in [1.82, 2.24) is 20.3 Å². The van der Waals surface area contributed by atoms with E-state index in [0.717, 1.165) is 34.6 Å². The predicted octanol–water partition coefficient (Wildman–Crippen LogP) is 4.75. The van der Waals surface area contributed by atoms with Crippen LogP contribution in [0.5, 0.6) is 0 Å². The van der Waals surface area contributed by atoms with Gasteiger partial charge < -0.3 is 5.32 Å². The van der Waals surface area contributed by atoms with Crippen molar-refractivity contribution in [3.05, 3.63) is 77.5 Å². The van der Waals surface area contributed by atoms with E-state index in [1.807, 2.05) is 36.4 Å². The highest BCUT2D eigenvalue weighted by Crippen LogP contribution is 2.24. The van der Waals surface area contributed by atoms with Crippen molar-refractivity contribution in [3.8, 4) is 11.3 Å². The van der Waals surface area contributed by atoms with Crippen LogP contribution in [-0.2, 0) is 6.42 Å². The topological polar surface area (TPSA) is 67.8 Å². The Balaban J connectivity index is 1.51. The fourth-order valence-electron chi connectivity index (χ4n) is 4.18. The number of aryl methyl sites for hydroxylation is 1. The summed E-state index contributed by atoms with van der Waals surface area (Å²) in [6, 6.07) is 11.8. The maximum absolute atomic E-state index is 12.7. The van der Waals surface area contributed by atoms with Gasteiger partial charge in [-0.15, -0.1) is 0 Å². The summed E-state index contributed by atoms with van der Waals surface area (Å²) in [5.74, 6) is 0.635. The first-order valence-electron chi connectivity index (χ1n) is 10.8. The number of pyridine rings is 1. The maximum atomic E-state index is 12.7. The van der Waals surface area contributed by atoms with Crippen LogP contribution in [0.25, 0.3) is 11.3 Å². The van der Waals surface area contributed by atoms with Crippen LogP contribution in [0.4, 0.5) is 0 Å². The number of benzene rings is 1. The van der Waals surface area contributed by atoms with E-state index in [-0.39, 0.29) is 5.91 Å². The normalized spacial score (nSPS) is 14.4. The van der Waals surface area contributed by atoms with Crippen LogP contribution in [0, 0.1) is 12.8 Å². The SMILES string of the molecule is Cc1ccc(C(=O)NCC2CCCCC2)cc1Cc1ncccc1-c1ccncn1. The molecule has 1 aromatic carbocycles. The Morgan fingerprint density at radius 1 is 1.07 bits per heavy atom. The second kappa shape index (κ2) is 9.61. The van der Waals surface area contributed by atoms with Gasteiger partial charge in [0.05, 0.1) is 11.4 Å². The second-order valence-corrected chi connectivity index (χ2v) is 8.12. The van der Waals surface area contributed by atoms with Gasteiger partial charge in [-0.3, -0.25) is 9.78 Å². The van der Waals surface area contributed by atoms with E-state index in [0.29, 0.717) is 17.9 Å². The minimum atomic E-state index is 0.0128. The number of amides is 1. The van der Waals surface area contributed by atoms with Crippen molar-refractivity contribution < 1.29 is 4.79 Å². The average Bonchev–Trinajstić information content (AvgIpc) is 2.80. The first-order chi connectivity index (χ1) is 14.7. The molecule has 4 rings (SSSR count). The Kier molecular flexibility index (Phi) is 6.47. The highest BCUT2D eigenvalue weighted by Gasteiger charge is 2.16. The molecule has 1 amide bonds. The van der Waals surface area contributed by atoms with E-state index in [4.69, 9.17) is 0 Å².